The molecule has 2 rings (SSSR count). The molecule has 0 bridgehead atoms. The summed E-state index contributed by atoms with van der Waals surface area (Å²) in [4.78, 5) is 27.4. The minimum absolute atomic E-state index is 0.102. The zero-order valence-electron chi connectivity index (χ0n) is 13.4. The van der Waals surface area contributed by atoms with Gasteiger partial charge in [-0.3, -0.25) is 9.78 Å². The maximum absolute atomic E-state index is 12.4. The van der Waals surface area contributed by atoms with Crippen molar-refractivity contribution in [3.63, 3.8) is 0 Å². The van der Waals surface area contributed by atoms with Crippen molar-refractivity contribution in [2.24, 2.45) is 0 Å². The van der Waals surface area contributed by atoms with Gasteiger partial charge in [0.2, 0.25) is 0 Å². The number of pyridine rings is 1. The molecule has 0 aliphatic heterocycles. The Hall–Kier alpha value is -2.94. The van der Waals surface area contributed by atoms with E-state index in [9.17, 15) is 18.0 Å². The molecule has 0 aliphatic carbocycles. The van der Waals surface area contributed by atoms with E-state index in [1.54, 1.807) is 30.3 Å². The van der Waals surface area contributed by atoms with Gasteiger partial charge in [-0.1, -0.05) is 30.3 Å². The van der Waals surface area contributed by atoms with E-state index in [0.29, 0.717) is 0 Å². The summed E-state index contributed by atoms with van der Waals surface area (Å²) in [6.45, 7) is 0. The monoisotopic (exact) mass is 363 g/mol. The number of amides is 2. The molecule has 132 valence electrons. The Morgan fingerprint density at radius 2 is 1.88 bits per heavy atom. The largest absolute Gasteiger partial charge is 0.453 e. The lowest BCUT2D eigenvalue weighted by Gasteiger charge is -2.18. The zero-order valence-corrected chi connectivity index (χ0v) is 14.2. The Balaban J connectivity index is 2.18. The highest BCUT2D eigenvalue weighted by molar-refractivity contribution is 7.90. The van der Waals surface area contributed by atoms with Gasteiger partial charge in [0, 0.05) is 18.8 Å². The Morgan fingerprint density at radius 1 is 1.16 bits per heavy atom. The van der Waals surface area contributed by atoms with E-state index in [4.69, 9.17) is 0 Å². The van der Waals surface area contributed by atoms with Crippen LogP contribution in [0.1, 0.15) is 5.56 Å². The van der Waals surface area contributed by atoms with E-state index in [1.165, 1.54) is 18.3 Å². The quantitative estimate of drug-likeness (QED) is 0.786. The van der Waals surface area contributed by atoms with Crippen LogP contribution >= 0.6 is 0 Å². The van der Waals surface area contributed by atoms with E-state index in [1.807, 2.05) is 4.72 Å². The lowest BCUT2D eigenvalue weighted by atomic mass is 10.1. The van der Waals surface area contributed by atoms with Crippen LogP contribution in [0.5, 0.6) is 0 Å². The van der Waals surface area contributed by atoms with Gasteiger partial charge in [0.25, 0.3) is 15.9 Å². The molecule has 2 N–H and O–H groups in total. The van der Waals surface area contributed by atoms with Crippen LogP contribution < -0.4 is 10.0 Å². The van der Waals surface area contributed by atoms with E-state index in [0.717, 1.165) is 18.9 Å². The number of hydrogen-bond donors (Lipinski definition) is 2. The second-order valence-corrected chi connectivity index (χ2v) is 6.72. The topological polar surface area (TPSA) is 114 Å². The van der Waals surface area contributed by atoms with Crippen LogP contribution in [0, 0.1) is 0 Å². The predicted molar refractivity (Wildman–Crippen MR) is 89.0 cm³/mol. The second-order valence-electron chi connectivity index (χ2n) is 5.04. The number of methoxy groups -OCH3 is 1. The fraction of sp³-hybridized carbons (Fsp3) is 0.188. The first-order valence-corrected chi connectivity index (χ1v) is 8.76. The minimum Gasteiger partial charge on any atom is -0.453 e. The molecule has 0 saturated heterocycles. The molecule has 0 unspecified atom stereocenters. The van der Waals surface area contributed by atoms with Gasteiger partial charge in [0.1, 0.15) is 10.9 Å². The van der Waals surface area contributed by atoms with Gasteiger partial charge in [-0.15, -0.1) is 0 Å². The summed E-state index contributed by atoms with van der Waals surface area (Å²) >= 11 is 0. The molecule has 1 aromatic heterocycles. The van der Waals surface area contributed by atoms with Crippen molar-refractivity contribution in [2.75, 3.05) is 7.11 Å². The summed E-state index contributed by atoms with van der Waals surface area (Å²) in [6.07, 6.45) is 1.80. The van der Waals surface area contributed by atoms with Gasteiger partial charge in [-0.25, -0.2) is 17.9 Å². The van der Waals surface area contributed by atoms with Crippen LogP contribution in [0.4, 0.5) is 4.79 Å². The van der Waals surface area contributed by atoms with Crippen LogP contribution in [0.3, 0.4) is 0 Å². The molecule has 2 amide bonds. The fourth-order valence-corrected chi connectivity index (χ4v) is 3.01. The van der Waals surface area contributed by atoms with Crippen LogP contribution in [0.2, 0.25) is 0 Å². The number of benzene rings is 1. The zero-order chi connectivity index (χ0) is 18.3. The predicted octanol–water partition coefficient (Wildman–Crippen LogP) is 0.854. The summed E-state index contributed by atoms with van der Waals surface area (Å²) in [5, 5.41) is 2.34. The van der Waals surface area contributed by atoms with Crippen LogP contribution in [-0.2, 0) is 26.0 Å². The summed E-state index contributed by atoms with van der Waals surface area (Å²) < 4.78 is 30.9. The summed E-state index contributed by atoms with van der Waals surface area (Å²) in [5.74, 6) is -0.877. The molecule has 0 spiro atoms. The molecular weight excluding hydrogens is 346 g/mol. The molecule has 0 aliphatic rings. The fourth-order valence-electron chi connectivity index (χ4n) is 2.03. The lowest BCUT2D eigenvalue weighted by molar-refractivity contribution is -0.121. The highest BCUT2D eigenvalue weighted by Crippen LogP contribution is 2.08. The summed E-state index contributed by atoms with van der Waals surface area (Å²) in [5.41, 5.74) is 0.748. The molecular formula is C16H17N3O5S. The number of nitrogens with zero attached hydrogens (tertiary/aromatic N) is 1. The molecule has 9 heteroatoms. The first-order chi connectivity index (χ1) is 11.9. The van der Waals surface area contributed by atoms with Gasteiger partial charge < -0.3 is 10.1 Å². The molecule has 25 heavy (non-hydrogen) atoms. The normalized spacial score (nSPS) is 12.0. The summed E-state index contributed by atoms with van der Waals surface area (Å²) in [6, 6.07) is 10.5. The molecule has 0 saturated carbocycles. The molecule has 0 radical (unpaired) electrons. The molecule has 8 nitrogen and oxygen atoms in total. The second kappa shape index (κ2) is 8.25. The third-order valence-corrected chi connectivity index (χ3v) is 4.59. The number of carbonyl (C=O) groups excluding carboxylic acids is 2. The van der Waals surface area contributed by atoms with E-state index >= 15 is 0 Å². The highest BCUT2D eigenvalue weighted by Gasteiger charge is 2.26. The number of carbonyl (C=O) groups is 2. The van der Waals surface area contributed by atoms with Crippen molar-refractivity contribution in [2.45, 2.75) is 17.4 Å². The lowest BCUT2D eigenvalue weighted by Crippen LogP contribution is -2.49. The smallest absolute Gasteiger partial charge is 0.407 e. The number of ether oxygens (including phenoxy) is 1. The SMILES string of the molecule is COC(=O)N[C@@H](Cc1ccccc1)C(=O)NS(=O)(=O)c1cccnc1. The number of alkyl carbamates (subject to hydrolysis) is 1. The summed E-state index contributed by atoms with van der Waals surface area (Å²) in [7, 11) is -2.94. The van der Waals surface area contributed by atoms with Crippen molar-refractivity contribution in [3.05, 3.63) is 60.4 Å². The van der Waals surface area contributed by atoms with E-state index in [-0.39, 0.29) is 11.3 Å². The van der Waals surface area contributed by atoms with Gasteiger partial charge >= 0.3 is 6.09 Å². The van der Waals surface area contributed by atoms with Crippen LogP contribution in [-0.4, -0.2) is 38.6 Å². The van der Waals surface area contributed by atoms with Crippen molar-refractivity contribution in [3.8, 4) is 0 Å². The maximum atomic E-state index is 12.4. The Kier molecular flexibility index (Phi) is 6.07. The Morgan fingerprint density at radius 3 is 2.48 bits per heavy atom. The van der Waals surface area contributed by atoms with Crippen molar-refractivity contribution < 1.29 is 22.7 Å². The molecule has 1 heterocycles. The minimum atomic E-state index is -4.09. The molecule has 2 aromatic rings. The average Bonchev–Trinajstić information content (AvgIpc) is 2.62. The molecule has 1 aromatic carbocycles. The maximum Gasteiger partial charge on any atom is 0.407 e. The van der Waals surface area contributed by atoms with E-state index in [2.05, 4.69) is 15.0 Å². The van der Waals surface area contributed by atoms with Gasteiger partial charge in [-0.05, 0) is 17.7 Å². The first kappa shape index (κ1) is 18.4. The number of sulfonamides is 1. The number of hydrogen-bond acceptors (Lipinski definition) is 6. The van der Waals surface area contributed by atoms with Gasteiger partial charge in [-0.2, -0.15) is 0 Å². The van der Waals surface area contributed by atoms with Crippen LogP contribution in [0.15, 0.2) is 59.8 Å². The number of rotatable bonds is 6. The average molecular weight is 363 g/mol. The molecule has 1 atom stereocenters. The molecule has 0 fully saturated rings. The standard InChI is InChI=1S/C16H17N3O5S/c1-24-16(21)18-14(10-12-6-3-2-4-7-12)15(20)19-25(22,23)13-8-5-9-17-11-13/h2-9,11,14H,10H2,1H3,(H,18,21)(H,19,20)/t14-/m0/s1. The van der Waals surface area contributed by atoms with Crippen molar-refractivity contribution in [1.82, 2.24) is 15.0 Å². The van der Waals surface area contributed by atoms with Crippen molar-refractivity contribution >= 4 is 22.0 Å². The third-order valence-electron chi connectivity index (χ3n) is 3.26. The van der Waals surface area contributed by atoms with Crippen LogP contribution in [0.25, 0.3) is 0 Å². The third kappa shape index (κ3) is 5.28. The highest BCUT2D eigenvalue weighted by atomic mass is 32.2. The number of nitrogens with one attached hydrogen (secondary N) is 2. The number of aromatic nitrogens is 1. The van der Waals surface area contributed by atoms with Gasteiger partial charge in [0.15, 0.2) is 0 Å². The van der Waals surface area contributed by atoms with E-state index < -0.39 is 28.1 Å². The van der Waals surface area contributed by atoms with Gasteiger partial charge in [0.05, 0.1) is 7.11 Å². The van der Waals surface area contributed by atoms with Crippen molar-refractivity contribution in [1.29, 1.82) is 0 Å². The first-order valence-electron chi connectivity index (χ1n) is 7.27. The Labute approximate surface area is 145 Å². The Bertz CT molecular complexity index is 825.